The van der Waals surface area contributed by atoms with Crippen LogP contribution in [0, 0.1) is 6.57 Å². The van der Waals surface area contributed by atoms with Crippen molar-refractivity contribution >= 4 is 70.6 Å². The Morgan fingerprint density at radius 3 is 1.43 bits per heavy atom. The van der Waals surface area contributed by atoms with Gasteiger partial charge in [-0.05, 0) is 113 Å². The van der Waals surface area contributed by atoms with Crippen LogP contribution in [0.3, 0.4) is 0 Å². The van der Waals surface area contributed by atoms with Crippen molar-refractivity contribution in [3.8, 4) is 27.9 Å². The van der Waals surface area contributed by atoms with Gasteiger partial charge in [-0.15, -0.1) is 0 Å². The van der Waals surface area contributed by atoms with Crippen molar-refractivity contribution in [2.24, 2.45) is 0 Å². The zero-order valence-corrected chi connectivity index (χ0v) is 26.6. The fourth-order valence-corrected chi connectivity index (χ4v) is 8.08. The van der Waals surface area contributed by atoms with Gasteiger partial charge in [-0.25, -0.2) is 4.85 Å². The lowest BCUT2D eigenvalue weighted by Crippen LogP contribution is -1.94. The maximum atomic E-state index is 7.77. The van der Waals surface area contributed by atoms with E-state index in [-0.39, 0.29) is 0 Å². The average molecular weight is 621 g/mol. The molecule has 0 fully saturated rings. The second kappa shape index (κ2) is 10.7. The lowest BCUT2D eigenvalue weighted by atomic mass is 9.83. The summed E-state index contributed by atoms with van der Waals surface area (Å²) in [6, 6.07) is 61.1. The van der Waals surface area contributed by atoms with Gasteiger partial charge in [0.05, 0.1) is 17.6 Å². The molecular formula is C47H28N2. The van der Waals surface area contributed by atoms with Gasteiger partial charge in [-0.2, -0.15) is 0 Å². The lowest BCUT2D eigenvalue weighted by Gasteiger charge is -2.20. The summed E-state index contributed by atoms with van der Waals surface area (Å²) in [5.41, 5.74) is 8.91. The Bertz CT molecular complexity index is 2880. The van der Waals surface area contributed by atoms with Gasteiger partial charge in [0.2, 0.25) is 0 Å². The predicted molar refractivity (Wildman–Crippen MR) is 208 cm³/mol. The summed E-state index contributed by atoms with van der Waals surface area (Å²) in [4.78, 5) is 3.79. The fourth-order valence-electron chi connectivity index (χ4n) is 8.08. The zero-order valence-electron chi connectivity index (χ0n) is 26.6. The van der Waals surface area contributed by atoms with Gasteiger partial charge in [-0.1, -0.05) is 127 Å². The molecule has 9 aromatic carbocycles. The smallest absolute Gasteiger partial charge is 0.188 e. The number of nitrogens with zero attached hydrogens (tertiary/aromatic N) is 2. The van der Waals surface area contributed by atoms with E-state index in [9.17, 15) is 0 Å². The van der Waals surface area contributed by atoms with Crippen LogP contribution in [0.15, 0.2) is 170 Å². The molecule has 0 radical (unpaired) electrons. The van der Waals surface area contributed by atoms with Crippen molar-refractivity contribution in [1.29, 1.82) is 0 Å². The molecule has 2 heteroatoms. The molecule has 0 spiro atoms. The molecule has 0 saturated heterocycles. The summed E-state index contributed by atoms with van der Waals surface area (Å²) in [6.45, 7) is 7.77. The zero-order chi connectivity index (χ0) is 32.5. The molecule has 0 bridgehead atoms. The van der Waals surface area contributed by atoms with E-state index in [1.807, 2.05) is 18.2 Å². The monoisotopic (exact) mass is 620 g/mol. The Morgan fingerprint density at radius 2 is 0.837 bits per heavy atom. The van der Waals surface area contributed by atoms with Crippen molar-refractivity contribution in [2.75, 3.05) is 0 Å². The van der Waals surface area contributed by atoms with Crippen molar-refractivity contribution in [3.05, 3.63) is 181 Å². The van der Waals surface area contributed by atoms with Crippen molar-refractivity contribution < 1.29 is 0 Å². The molecule has 2 nitrogen and oxygen atoms in total. The Kier molecular flexibility index (Phi) is 5.97. The molecule has 0 unspecified atom stereocenters. The number of hydrogen-bond donors (Lipinski definition) is 0. The first-order chi connectivity index (χ1) is 24.3. The van der Waals surface area contributed by atoms with Crippen LogP contribution in [0.1, 0.15) is 0 Å². The molecule has 0 N–H and O–H groups in total. The van der Waals surface area contributed by atoms with Crippen LogP contribution in [-0.2, 0) is 0 Å². The number of benzene rings is 9. The first-order valence-corrected chi connectivity index (χ1v) is 16.6. The maximum Gasteiger partial charge on any atom is 0.188 e. The van der Waals surface area contributed by atoms with Gasteiger partial charge in [-0.3, -0.25) is 0 Å². The van der Waals surface area contributed by atoms with Crippen LogP contribution in [0.4, 0.5) is 5.69 Å². The summed E-state index contributed by atoms with van der Waals surface area (Å²) in [7, 11) is 0. The molecule has 10 rings (SSSR count). The number of fused-ring (bicyclic) bond motifs is 7. The van der Waals surface area contributed by atoms with E-state index in [0.717, 1.165) is 33.1 Å². The average Bonchev–Trinajstić information content (AvgIpc) is 3.49. The molecule has 0 saturated carbocycles. The Labute approximate surface area is 283 Å². The number of aromatic nitrogens is 1. The molecule has 0 atom stereocenters. The Balaban J connectivity index is 1.34. The van der Waals surface area contributed by atoms with E-state index in [2.05, 4.69) is 161 Å². The highest BCUT2D eigenvalue weighted by Gasteiger charge is 2.21. The Hall–Kier alpha value is -6.69. The van der Waals surface area contributed by atoms with Crippen LogP contribution in [0.25, 0.3) is 97.7 Å². The minimum Gasteiger partial charge on any atom is -0.309 e. The molecule has 49 heavy (non-hydrogen) atoms. The number of rotatable bonds is 3. The molecule has 1 aromatic heterocycles. The van der Waals surface area contributed by atoms with E-state index >= 15 is 0 Å². The highest BCUT2D eigenvalue weighted by molar-refractivity contribution is 6.27. The molecule has 0 amide bonds. The van der Waals surface area contributed by atoms with Crippen molar-refractivity contribution in [1.82, 2.24) is 4.57 Å². The summed E-state index contributed by atoms with van der Waals surface area (Å²) in [5, 5.41) is 12.1. The van der Waals surface area contributed by atoms with Gasteiger partial charge in [0.25, 0.3) is 0 Å². The van der Waals surface area contributed by atoms with E-state index in [0.29, 0.717) is 5.69 Å². The lowest BCUT2D eigenvalue weighted by molar-refractivity contribution is 1.18. The molecule has 226 valence electrons. The van der Waals surface area contributed by atoms with Crippen molar-refractivity contribution in [2.45, 2.75) is 0 Å². The van der Waals surface area contributed by atoms with Gasteiger partial charge in [0.15, 0.2) is 5.69 Å². The van der Waals surface area contributed by atoms with Crippen LogP contribution in [-0.4, -0.2) is 4.57 Å². The van der Waals surface area contributed by atoms with E-state index in [1.165, 1.54) is 59.8 Å². The van der Waals surface area contributed by atoms with Crippen LogP contribution >= 0.6 is 0 Å². The number of hydrogen-bond acceptors (Lipinski definition) is 0. The predicted octanol–water partition coefficient (Wildman–Crippen LogP) is 13.3. The highest BCUT2D eigenvalue weighted by Crippen LogP contribution is 2.48. The minimum absolute atomic E-state index is 0.646. The highest BCUT2D eigenvalue weighted by atomic mass is 15.0. The van der Waals surface area contributed by atoms with Gasteiger partial charge >= 0.3 is 0 Å². The molecule has 0 aliphatic rings. The summed E-state index contributed by atoms with van der Waals surface area (Å²) >= 11 is 0. The summed E-state index contributed by atoms with van der Waals surface area (Å²) < 4.78 is 2.31. The van der Waals surface area contributed by atoms with Crippen LogP contribution in [0.2, 0.25) is 0 Å². The maximum absolute atomic E-state index is 7.77. The largest absolute Gasteiger partial charge is 0.309 e. The molecule has 1 heterocycles. The van der Waals surface area contributed by atoms with Crippen LogP contribution < -0.4 is 0 Å². The first-order valence-electron chi connectivity index (χ1n) is 16.6. The molecule has 10 aromatic rings. The third-order valence-electron chi connectivity index (χ3n) is 10.1. The third-order valence-corrected chi connectivity index (χ3v) is 10.1. The second-order valence-corrected chi connectivity index (χ2v) is 12.8. The van der Waals surface area contributed by atoms with E-state index in [4.69, 9.17) is 6.57 Å². The van der Waals surface area contributed by atoms with Crippen molar-refractivity contribution in [3.63, 3.8) is 0 Å². The second-order valence-electron chi connectivity index (χ2n) is 12.8. The topological polar surface area (TPSA) is 9.29 Å². The quantitative estimate of drug-likeness (QED) is 0.137. The number of para-hydroxylation sites is 1. The van der Waals surface area contributed by atoms with Gasteiger partial charge in [0.1, 0.15) is 0 Å². The first kappa shape index (κ1) is 27.4. The molecule has 0 aliphatic carbocycles. The normalized spacial score (nSPS) is 11.7. The third kappa shape index (κ3) is 4.07. The fraction of sp³-hybridized carbons (Fsp3) is 0. The van der Waals surface area contributed by atoms with E-state index < -0.39 is 0 Å². The minimum atomic E-state index is 0.646. The SMILES string of the molecule is [C-]#[N+]c1ccc2c(c1)c1cc(-c3c4ccccc4c(-c4c5ccccc5cc5ccccc45)c4ccccc34)ccc1n2-c1ccccc1. The van der Waals surface area contributed by atoms with Gasteiger partial charge < -0.3 is 4.57 Å². The summed E-state index contributed by atoms with van der Waals surface area (Å²) in [5.74, 6) is 0. The Morgan fingerprint density at radius 1 is 0.367 bits per heavy atom. The van der Waals surface area contributed by atoms with E-state index in [1.54, 1.807) is 0 Å². The standard InChI is InChI=1S/C47H28N2/c1-48-33-24-26-44-42(29-33)41-28-32(23-25-43(41)49(44)34-15-3-2-4-16-34)45-37-19-9-11-21-39(37)47(40-22-12-10-20-38(40)45)46-35-17-7-5-13-30(35)27-31-14-6-8-18-36(31)46/h2-29H. The van der Waals surface area contributed by atoms with Gasteiger partial charge in [0, 0.05) is 11.1 Å². The summed E-state index contributed by atoms with van der Waals surface area (Å²) in [6.07, 6.45) is 0. The van der Waals surface area contributed by atoms with Crippen LogP contribution in [0.5, 0.6) is 0 Å². The molecule has 0 aliphatic heterocycles. The molecular weight excluding hydrogens is 593 g/mol.